The van der Waals surface area contributed by atoms with E-state index in [1.54, 1.807) is 0 Å². The van der Waals surface area contributed by atoms with Gasteiger partial charge in [-0.2, -0.15) is 0 Å². The summed E-state index contributed by atoms with van der Waals surface area (Å²) < 4.78 is 5.70. The standard InChI is InChI=1S/C10H16O/c1-3-9-5-4-6-10(9)7-8(2)11-10/h9H,2-7H2,1H3. The van der Waals surface area contributed by atoms with Crippen LogP contribution in [-0.4, -0.2) is 5.60 Å². The van der Waals surface area contributed by atoms with E-state index >= 15 is 0 Å². The molecule has 1 heterocycles. The van der Waals surface area contributed by atoms with E-state index in [0.29, 0.717) is 0 Å². The summed E-state index contributed by atoms with van der Waals surface area (Å²) >= 11 is 0. The predicted octanol–water partition coefficient (Wildman–Crippen LogP) is 2.87. The summed E-state index contributed by atoms with van der Waals surface area (Å²) in [6.45, 7) is 6.09. The van der Waals surface area contributed by atoms with Gasteiger partial charge in [-0.1, -0.05) is 13.5 Å². The summed E-state index contributed by atoms with van der Waals surface area (Å²) in [4.78, 5) is 0. The molecule has 1 nitrogen and oxygen atoms in total. The van der Waals surface area contributed by atoms with Crippen molar-refractivity contribution in [2.45, 2.75) is 44.6 Å². The third kappa shape index (κ3) is 0.901. The monoisotopic (exact) mass is 152 g/mol. The average molecular weight is 152 g/mol. The summed E-state index contributed by atoms with van der Waals surface area (Å²) in [6, 6.07) is 0. The van der Waals surface area contributed by atoms with Crippen LogP contribution >= 0.6 is 0 Å². The van der Waals surface area contributed by atoms with Crippen LogP contribution in [0, 0.1) is 5.92 Å². The minimum absolute atomic E-state index is 0.256. The largest absolute Gasteiger partial charge is 0.491 e. The molecule has 0 bridgehead atoms. The molecule has 1 aliphatic heterocycles. The zero-order chi connectivity index (χ0) is 7.90. The van der Waals surface area contributed by atoms with Crippen molar-refractivity contribution < 1.29 is 4.74 Å². The molecule has 2 rings (SSSR count). The molecule has 0 aromatic heterocycles. The van der Waals surface area contributed by atoms with Crippen LogP contribution in [0.2, 0.25) is 0 Å². The highest BCUT2D eigenvalue weighted by atomic mass is 16.5. The second-order valence-corrected chi connectivity index (χ2v) is 3.88. The molecule has 0 aromatic rings. The molecule has 11 heavy (non-hydrogen) atoms. The Kier molecular flexibility index (Phi) is 1.48. The lowest BCUT2D eigenvalue weighted by Crippen LogP contribution is -2.44. The zero-order valence-corrected chi connectivity index (χ0v) is 7.23. The molecular formula is C10H16O. The van der Waals surface area contributed by atoms with Gasteiger partial charge in [0.25, 0.3) is 0 Å². The highest BCUT2D eigenvalue weighted by Crippen LogP contribution is 2.51. The summed E-state index contributed by atoms with van der Waals surface area (Å²) in [5, 5.41) is 0. The van der Waals surface area contributed by atoms with Crippen molar-refractivity contribution in [3.63, 3.8) is 0 Å². The van der Waals surface area contributed by atoms with Crippen LogP contribution in [0.1, 0.15) is 39.0 Å². The molecule has 1 saturated heterocycles. The first kappa shape index (κ1) is 7.20. The van der Waals surface area contributed by atoms with E-state index in [2.05, 4.69) is 13.5 Å². The van der Waals surface area contributed by atoms with E-state index in [0.717, 1.165) is 18.1 Å². The van der Waals surface area contributed by atoms with Gasteiger partial charge in [0, 0.05) is 6.42 Å². The molecule has 2 aliphatic rings. The van der Waals surface area contributed by atoms with Gasteiger partial charge in [0.05, 0.1) is 5.76 Å². The van der Waals surface area contributed by atoms with Gasteiger partial charge in [-0.05, 0) is 31.6 Å². The first-order valence-corrected chi connectivity index (χ1v) is 4.63. The van der Waals surface area contributed by atoms with Crippen molar-refractivity contribution in [1.82, 2.24) is 0 Å². The Hall–Kier alpha value is -0.460. The normalized spacial score (nSPS) is 42.3. The zero-order valence-electron chi connectivity index (χ0n) is 7.23. The van der Waals surface area contributed by atoms with Crippen molar-refractivity contribution in [2.75, 3.05) is 0 Å². The molecule has 0 amide bonds. The first-order chi connectivity index (χ1) is 5.27. The number of ether oxygens (including phenoxy) is 1. The van der Waals surface area contributed by atoms with E-state index in [9.17, 15) is 0 Å². The molecule has 2 unspecified atom stereocenters. The van der Waals surface area contributed by atoms with Crippen molar-refractivity contribution in [3.05, 3.63) is 12.3 Å². The molecule has 1 saturated carbocycles. The van der Waals surface area contributed by atoms with Gasteiger partial charge in [0.15, 0.2) is 0 Å². The van der Waals surface area contributed by atoms with E-state index in [1.165, 1.54) is 25.7 Å². The second-order valence-electron chi connectivity index (χ2n) is 3.88. The van der Waals surface area contributed by atoms with Gasteiger partial charge in [-0.3, -0.25) is 0 Å². The maximum atomic E-state index is 5.70. The molecular weight excluding hydrogens is 136 g/mol. The van der Waals surface area contributed by atoms with E-state index in [1.807, 2.05) is 0 Å². The molecule has 62 valence electrons. The van der Waals surface area contributed by atoms with Gasteiger partial charge < -0.3 is 4.74 Å². The second kappa shape index (κ2) is 2.26. The molecule has 1 heteroatoms. The van der Waals surface area contributed by atoms with Crippen molar-refractivity contribution in [3.8, 4) is 0 Å². The lowest BCUT2D eigenvalue weighted by Gasteiger charge is -2.45. The highest BCUT2D eigenvalue weighted by molar-refractivity contribution is 5.11. The highest BCUT2D eigenvalue weighted by Gasteiger charge is 2.50. The van der Waals surface area contributed by atoms with Gasteiger partial charge in [-0.25, -0.2) is 0 Å². The minimum Gasteiger partial charge on any atom is -0.491 e. The number of hydrogen-bond donors (Lipinski definition) is 0. The van der Waals surface area contributed by atoms with Crippen molar-refractivity contribution in [1.29, 1.82) is 0 Å². The maximum absolute atomic E-state index is 5.70. The minimum atomic E-state index is 0.256. The van der Waals surface area contributed by atoms with Crippen molar-refractivity contribution >= 4 is 0 Å². The molecule has 1 aliphatic carbocycles. The van der Waals surface area contributed by atoms with Gasteiger partial charge in [0.1, 0.15) is 5.60 Å². The van der Waals surface area contributed by atoms with E-state index in [4.69, 9.17) is 4.74 Å². The molecule has 0 N–H and O–H groups in total. The van der Waals surface area contributed by atoms with Crippen LogP contribution < -0.4 is 0 Å². The SMILES string of the molecule is C=C1CC2(CCCC2CC)O1. The Morgan fingerprint density at radius 3 is 3.00 bits per heavy atom. The van der Waals surface area contributed by atoms with Crippen LogP contribution in [0.3, 0.4) is 0 Å². The van der Waals surface area contributed by atoms with E-state index in [-0.39, 0.29) is 5.60 Å². The Morgan fingerprint density at radius 2 is 2.45 bits per heavy atom. The first-order valence-electron chi connectivity index (χ1n) is 4.63. The van der Waals surface area contributed by atoms with E-state index < -0.39 is 0 Å². The Morgan fingerprint density at radius 1 is 1.73 bits per heavy atom. The molecule has 2 fully saturated rings. The van der Waals surface area contributed by atoms with Crippen LogP contribution in [-0.2, 0) is 4.74 Å². The fourth-order valence-electron chi connectivity index (χ4n) is 2.67. The Bertz CT molecular complexity index is 175. The summed E-state index contributed by atoms with van der Waals surface area (Å²) in [5.41, 5.74) is 0.256. The molecule has 1 spiro atoms. The molecule has 0 aromatic carbocycles. The topological polar surface area (TPSA) is 9.23 Å². The summed E-state index contributed by atoms with van der Waals surface area (Å²) in [6.07, 6.45) is 6.39. The Balaban J connectivity index is 2.07. The molecule has 2 atom stereocenters. The van der Waals surface area contributed by atoms with Crippen molar-refractivity contribution in [2.24, 2.45) is 5.92 Å². The fraction of sp³-hybridized carbons (Fsp3) is 0.800. The van der Waals surface area contributed by atoms with Crippen LogP contribution in [0.25, 0.3) is 0 Å². The van der Waals surface area contributed by atoms with Gasteiger partial charge >= 0.3 is 0 Å². The van der Waals surface area contributed by atoms with Gasteiger partial charge in [0.2, 0.25) is 0 Å². The summed E-state index contributed by atoms with van der Waals surface area (Å²) in [5.74, 6) is 1.82. The predicted molar refractivity (Wildman–Crippen MR) is 45.2 cm³/mol. The van der Waals surface area contributed by atoms with Crippen LogP contribution in [0.4, 0.5) is 0 Å². The smallest absolute Gasteiger partial charge is 0.118 e. The quantitative estimate of drug-likeness (QED) is 0.561. The fourth-order valence-corrected chi connectivity index (χ4v) is 2.67. The lowest BCUT2D eigenvalue weighted by atomic mass is 9.81. The lowest BCUT2D eigenvalue weighted by molar-refractivity contribution is -0.113. The molecule has 0 radical (unpaired) electrons. The third-order valence-electron chi connectivity index (χ3n) is 3.23. The van der Waals surface area contributed by atoms with Crippen LogP contribution in [0.5, 0.6) is 0 Å². The maximum Gasteiger partial charge on any atom is 0.118 e. The average Bonchev–Trinajstić information content (AvgIpc) is 2.31. The third-order valence-corrected chi connectivity index (χ3v) is 3.23. The Labute approximate surface area is 68.4 Å². The number of hydrogen-bond acceptors (Lipinski definition) is 1. The van der Waals surface area contributed by atoms with Gasteiger partial charge in [-0.15, -0.1) is 0 Å². The number of rotatable bonds is 1. The van der Waals surface area contributed by atoms with Crippen LogP contribution in [0.15, 0.2) is 12.3 Å². The summed E-state index contributed by atoms with van der Waals surface area (Å²) in [7, 11) is 0.